The monoisotopic (exact) mass is 345 g/mol. The molecule has 0 spiro atoms. The molecule has 26 heavy (non-hydrogen) atoms. The molecule has 3 aromatic carbocycles. The average molecular weight is 345 g/mol. The summed E-state index contributed by atoms with van der Waals surface area (Å²) >= 11 is 0. The maximum absolute atomic E-state index is 11.9. The van der Waals surface area contributed by atoms with Crippen LogP contribution in [0.25, 0.3) is 11.0 Å². The molecule has 0 saturated carbocycles. The van der Waals surface area contributed by atoms with Gasteiger partial charge >= 0.3 is 6.01 Å². The summed E-state index contributed by atoms with van der Waals surface area (Å²) < 4.78 is 11.3. The van der Waals surface area contributed by atoms with Crippen molar-refractivity contribution in [3.63, 3.8) is 0 Å². The number of hydrogen-bond acceptors (Lipinski definition) is 5. The molecular weight excluding hydrogens is 330 g/mol. The molecule has 0 unspecified atom stereocenters. The van der Waals surface area contributed by atoms with Crippen LogP contribution < -0.4 is 14.3 Å². The highest BCUT2D eigenvalue weighted by atomic mass is 16.5. The van der Waals surface area contributed by atoms with Gasteiger partial charge in [-0.3, -0.25) is 0 Å². The van der Waals surface area contributed by atoms with Crippen LogP contribution in [0, 0.1) is 5.21 Å². The Hall–Kier alpha value is -3.67. The molecule has 1 heterocycles. The standard InChI is InChI=1S/C20H15N3O3/c24-23-19-9-5-4-8-18(19)21-20(22-23)26-17-12-10-16(11-13-17)25-14-15-6-2-1-3-7-15/h1-13H,14H2. The van der Waals surface area contributed by atoms with Crippen molar-refractivity contribution in [3.05, 3.63) is 89.6 Å². The molecule has 0 aliphatic heterocycles. The summed E-state index contributed by atoms with van der Waals surface area (Å²) in [6.45, 7) is 0.491. The number of para-hydroxylation sites is 2. The van der Waals surface area contributed by atoms with Gasteiger partial charge in [0.05, 0.1) is 5.10 Å². The normalized spacial score (nSPS) is 10.6. The first-order valence-corrected chi connectivity index (χ1v) is 8.09. The Morgan fingerprint density at radius 3 is 2.31 bits per heavy atom. The molecule has 0 aliphatic rings. The van der Waals surface area contributed by atoms with E-state index in [2.05, 4.69) is 10.1 Å². The molecule has 4 rings (SSSR count). The zero-order chi connectivity index (χ0) is 17.8. The van der Waals surface area contributed by atoms with Crippen molar-refractivity contribution in [2.24, 2.45) is 0 Å². The Kier molecular flexibility index (Phi) is 4.30. The molecule has 6 nitrogen and oxygen atoms in total. The van der Waals surface area contributed by atoms with Crippen molar-refractivity contribution >= 4 is 11.0 Å². The number of rotatable bonds is 5. The van der Waals surface area contributed by atoms with Gasteiger partial charge in [0.25, 0.3) is 5.52 Å². The number of hydrogen-bond donors (Lipinski definition) is 0. The lowest BCUT2D eigenvalue weighted by Gasteiger charge is -2.08. The smallest absolute Gasteiger partial charge is 0.386 e. The van der Waals surface area contributed by atoms with Gasteiger partial charge in [-0.1, -0.05) is 42.5 Å². The molecule has 1 aromatic heterocycles. The molecule has 0 N–H and O–H groups in total. The Morgan fingerprint density at radius 2 is 1.50 bits per heavy atom. The summed E-state index contributed by atoms with van der Waals surface area (Å²) in [7, 11) is 0. The van der Waals surface area contributed by atoms with Gasteiger partial charge in [-0.15, -0.1) is 0 Å². The minimum atomic E-state index is -0.00310. The van der Waals surface area contributed by atoms with E-state index < -0.39 is 0 Å². The average Bonchev–Trinajstić information content (AvgIpc) is 2.68. The number of fused-ring (bicyclic) bond motifs is 1. The van der Waals surface area contributed by atoms with Crippen LogP contribution in [-0.4, -0.2) is 10.1 Å². The number of benzene rings is 3. The van der Waals surface area contributed by atoms with Crippen molar-refractivity contribution in [1.29, 1.82) is 0 Å². The Bertz CT molecular complexity index is 1020. The largest absolute Gasteiger partial charge is 0.594 e. The molecule has 0 bridgehead atoms. The van der Waals surface area contributed by atoms with Gasteiger partial charge in [0.15, 0.2) is 0 Å². The van der Waals surface area contributed by atoms with E-state index in [0.717, 1.165) is 11.3 Å². The fraction of sp³-hybridized carbons (Fsp3) is 0.0500. The van der Waals surface area contributed by atoms with E-state index in [4.69, 9.17) is 9.47 Å². The van der Waals surface area contributed by atoms with Crippen molar-refractivity contribution in [2.45, 2.75) is 6.61 Å². The molecule has 0 radical (unpaired) electrons. The van der Waals surface area contributed by atoms with E-state index in [9.17, 15) is 5.21 Å². The third-order valence-electron chi connectivity index (χ3n) is 3.76. The third-order valence-corrected chi connectivity index (χ3v) is 3.76. The van der Waals surface area contributed by atoms with Crippen molar-refractivity contribution in [3.8, 4) is 17.5 Å². The Morgan fingerprint density at radius 1 is 0.808 bits per heavy atom. The second-order valence-electron chi connectivity index (χ2n) is 5.60. The first-order valence-electron chi connectivity index (χ1n) is 8.09. The molecule has 128 valence electrons. The SMILES string of the molecule is [O-][n+]1nc(Oc2ccc(OCc3ccccc3)cc2)nc2ccccc21. The lowest BCUT2D eigenvalue weighted by Crippen LogP contribution is -2.32. The topological polar surface area (TPSA) is 71.2 Å². The number of aromatic nitrogens is 3. The van der Waals surface area contributed by atoms with E-state index in [-0.39, 0.29) is 6.01 Å². The number of ether oxygens (including phenoxy) is 2. The van der Waals surface area contributed by atoms with Crippen LogP contribution >= 0.6 is 0 Å². The van der Waals surface area contributed by atoms with Gasteiger partial charge in [0, 0.05) is 6.07 Å². The van der Waals surface area contributed by atoms with Gasteiger partial charge < -0.3 is 14.7 Å². The van der Waals surface area contributed by atoms with Gasteiger partial charge in [0.1, 0.15) is 23.6 Å². The van der Waals surface area contributed by atoms with Crippen LogP contribution in [-0.2, 0) is 6.61 Å². The van der Waals surface area contributed by atoms with Gasteiger partial charge in [-0.2, -0.15) is 4.98 Å². The molecule has 0 saturated heterocycles. The van der Waals surface area contributed by atoms with Crippen LogP contribution in [0.3, 0.4) is 0 Å². The maximum Gasteiger partial charge on any atom is 0.386 e. The van der Waals surface area contributed by atoms with Crippen LogP contribution in [0.2, 0.25) is 0 Å². The highest BCUT2D eigenvalue weighted by Crippen LogP contribution is 2.22. The quantitative estimate of drug-likeness (QED) is 0.408. The predicted molar refractivity (Wildman–Crippen MR) is 95.8 cm³/mol. The Labute approximate surface area is 149 Å². The van der Waals surface area contributed by atoms with Crippen molar-refractivity contribution < 1.29 is 14.3 Å². The molecule has 0 fully saturated rings. The highest BCUT2D eigenvalue weighted by molar-refractivity contribution is 5.70. The van der Waals surface area contributed by atoms with Crippen molar-refractivity contribution in [1.82, 2.24) is 10.1 Å². The summed E-state index contributed by atoms with van der Waals surface area (Å²) in [5, 5.41) is 15.7. The van der Waals surface area contributed by atoms with Crippen molar-refractivity contribution in [2.75, 3.05) is 0 Å². The van der Waals surface area contributed by atoms with E-state index in [1.807, 2.05) is 30.3 Å². The summed E-state index contributed by atoms with van der Waals surface area (Å²) in [5.74, 6) is 1.24. The lowest BCUT2D eigenvalue weighted by molar-refractivity contribution is -0.643. The van der Waals surface area contributed by atoms with E-state index in [1.165, 1.54) is 0 Å². The fourth-order valence-corrected chi connectivity index (χ4v) is 2.47. The van der Waals surface area contributed by atoms with Gasteiger partial charge in [0.2, 0.25) is 0 Å². The molecular formula is C20H15N3O3. The minimum absolute atomic E-state index is 0.00310. The van der Waals surface area contributed by atoms with Crippen LogP contribution in [0.1, 0.15) is 5.56 Å². The Balaban J connectivity index is 1.46. The second kappa shape index (κ2) is 7.06. The van der Waals surface area contributed by atoms with E-state index in [0.29, 0.717) is 28.2 Å². The molecule has 4 aromatic rings. The van der Waals surface area contributed by atoms with E-state index in [1.54, 1.807) is 48.5 Å². The number of nitrogens with zero attached hydrogens (tertiary/aromatic N) is 3. The minimum Gasteiger partial charge on any atom is -0.594 e. The summed E-state index contributed by atoms with van der Waals surface area (Å²) in [5.41, 5.74) is 2.01. The van der Waals surface area contributed by atoms with Gasteiger partial charge in [-0.25, -0.2) is 0 Å². The highest BCUT2D eigenvalue weighted by Gasteiger charge is 2.11. The molecule has 0 atom stereocenters. The summed E-state index contributed by atoms with van der Waals surface area (Å²) in [6.07, 6.45) is 0. The lowest BCUT2D eigenvalue weighted by atomic mass is 10.2. The predicted octanol–water partition coefficient (Wildman–Crippen LogP) is 3.63. The zero-order valence-corrected chi connectivity index (χ0v) is 13.8. The molecule has 0 aliphatic carbocycles. The van der Waals surface area contributed by atoms with Gasteiger partial charge in [-0.05, 0) is 40.7 Å². The maximum atomic E-state index is 11.9. The van der Waals surface area contributed by atoms with Crippen LogP contribution in [0.5, 0.6) is 17.5 Å². The second-order valence-corrected chi connectivity index (χ2v) is 5.60. The zero-order valence-electron chi connectivity index (χ0n) is 13.8. The summed E-state index contributed by atoms with van der Waals surface area (Å²) in [4.78, 5) is 4.75. The fourth-order valence-electron chi connectivity index (χ4n) is 2.47. The molecule has 6 heteroatoms. The third kappa shape index (κ3) is 3.54. The van der Waals surface area contributed by atoms with E-state index >= 15 is 0 Å². The van der Waals surface area contributed by atoms with Crippen LogP contribution in [0.15, 0.2) is 78.9 Å². The summed E-state index contributed by atoms with van der Waals surface area (Å²) in [6, 6.07) is 24.0. The van der Waals surface area contributed by atoms with Crippen LogP contribution in [0.4, 0.5) is 0 Å². The molecule has 0 amide bonds. The first kappa shape index (κ1) is 15.8. The first-order chi connectivity index (χ1) is 12.8.